The Hall–Kier alpha value is -2.04. The summed E-state index contributed by atoms with van der Waals surface area (Å²) < 4.78 is 0. The second-order valence-corrected chi connectivity index (χ2v) is 6.53. The lowest BCUT2D eigenvalue weighted by Gasteiger charge is -2.33. The second-order valence-electron chi connectivity index (χ2n) is 6.53. The van der Waals surface area contributed by atoms with Gasteiger partial charge in [0.1, 0.15) is 0 Å². The van der Waals surface area contributed by atoms with Gasteiger partial charge in [-0.2, -0.15) is 0 Å². The average molecular weight is 330 g/mol. The summed E-state index contributed by atoms with van der Waals surface area (Å²) in [6.45, 7) is 9.82. The summed E-state index contributed by atoms with van der Waals surface area (Å²) in [6.07, 6.45) is 3.39. The molecule has 0 spiro atoms. The number of nitrogens with one attached hydrogen (secondary N) is 2. The van der Waals surface area contributed by atoms with E-state index in [-0.39, 0.29) is 5.91 Å². The number of piperidine rings is 1. The fourth-order valence-corrected chi connectivity index (χ4v) is 2.90. The number of hydrogen-bond donors (Lipinski definition) is 2. The number of guanidine groups is 1. The number of benzene rings is 1. The Kier molecular flexibility index (Phi) is 7.09. The van der Waals surface area contributed by atoms with Crippen LogP contribution in [-0.2, 0) is 11.2 Å². The number of rotatable bonds is 5. The molecule has 132 valence electrons. The van der Waals surface area contributed by atoms with Crippen LogP contribution in [0.2, 0.25) is 0 Å². The third-order valence-corrected chi connectivity index (χ3v) is 4.35. The standard InChI is InChI=1S/C19H30N4O/c1-4-20-19(23-13-10-15(2)11-14-23)21-12-9-17-5-7-18(8-6-17)22-16(3)24/h5-8,15H,4,9-14H2,1-3H3,(H,20,21)(H,22,24). The number of nitrogens with zero attached hydrogens (tertiary/aromatic N) is 2. The lowest BCUT2D eigenvalue weighted by atomic mass is 10.00. The van der Waals surface area contributed by atoms with Gasteiger partial charge in [0.2, 0.25) is 5.91 Å². The first-order valence-electron chi connectivity index (χ1n) is 8.98. The molecule has 5 heteroatoms. The first-order valence-corrected chi connectivity index (χ1v) is 8.98. The third kappa shape index (κ3) is 5.87. The number of carbonyl (C=O) groups is 1. The molecule has 0 aromatic heterocycles. The molecule has 24 heavy (non-hydrogen) atoms. The summed E-state index contributed by atoms with van der Waals surface area (Å²) in [6, 6.07) is 7.99. The van der Waals surface area contributed by atoms with E-state index in [0.29, 0.717) is 0 Å². The number of hydrogen-bond acceptors (Lipinski definition) is 2. The van der Waals surface area contributed by atoms with Gasteiger partial charge in [-0.1, -0.05) is 19.1 Å². The molecule has 1 amide bonds. The van der Waals surface area contributed by atoms with Crippen LogP contribution in [0.3, 0.4) is 0 Å². The molecule has 0 bridgehead atoms. The zero-order valence-electron chi connectivity index (χ0n) is 15.1. The molecule has 1 aromatic rings. The Morgan fingerprint density at radius 3 is 2.50 bits per heavy atom. The summed E-state index contributed by atoms with van der Waals surface area (Å²) in [5.74, 6) is 1.82. The van der Waals surface area contributed by atoms with Crippen LogP contribution in [0.1, 0.15) is 39.2 Å². The fraction of sp³-hybridized carbons (Fsp3) is 0.579. The quantitative estimate of drug-likeness (QED) is 0.645. The lowest BCUT2D eigenvalue weighted by molar-refractivity contribution is -0.114. The maximum absolute atomic E-state index is 11.0. The van der Waals surface area contributed by atoms with Gasteiger partial charge in [0.25, 0.3) is 0 Å². The van der Waals surface area contributed by atoms with Gasteiger partial charge in [-0.25, -0.2) is 0 Å². The number of carbonyl (C=O) groups excluding carboxylic acids is 1. The van der Waals surface area contributed by atoms with Crippen molar-refractivity contribution in [2.24, 2.45) is 10.9 Å². The van der Waals surface area contributed by atoms with Gasteiger partial charge < -0.3 is 15.5 Å². The van der Waals surface area contributed by atoms with Crippen molar-refractivity contribution in [3.8, 4) is 0 Å². The first-order chi connectivity index (χ1) is 11.6. The van der Waals surface area contributed by atoms with Crippen LogP contribution in [-0.4, -0.2) is 42.9 Å². The van der Waals surface area contributed by atoms with E-state index in [2.05, 4.69) is 41.5 Å². The van der Waals surface area contributed by atoms with Crippen LogP contribution >= 0.6 is 0 Å². The Labute approximate surface area is 145 Å². The van der Waals surface area contributed by atoms with Crippen LogP contribution in [0.15, 0.2) is 29.3 Å². The van der Waals surface area contributed by atoms with Crippen molar-refractivity contribution >= 4 is 17.6 Å². The highest BCUT2D eigenvalue weighted by Crippen LogP contribution is 2.16. The minimum atomic E-state index is -0.0431. The maximum Gasteiger partial charge on any atom is 0.221 e. The SMILES string of the molecule is CCNC(=NCCc1ccc(NC(C)=O)cc1)N1CCC(C)CC1. The van der Waals surface area contributed by atoms with Gasteiger partial charge in [0.05, 0.1) is 0 Å². The molecule has 0 atom stereocenters. The Balaban J connectivity index is 1.88. The van der Waals surface area contributed by atoms with Gasteiger partial charge in [-0.3, -0.25) is 9.79 Å². The molecule has 1 aromatic carbocycles. The van der Waals surface area contributed by atoms with Crippen molar-refractivity contribution in [1.82, 2.24) is 10.2 Å². The van der Waals surface area contributed by atoms with Crippen molar-refractivity contribution in [3.05, 3.63) is 29.8 Å². The van der Waals surface area contributed by atoms with Gasteiger partial charge in [-0.05, 0) is 49.8 Å². The number of aliphatic imine (C=N–C) groups is 1. The number of likely N-dealkylation sites (tertiary alicyclic amines) is 1. The lowest BCUT2D eigenvalue weighted by Crippen LogP contribution is -2.45. The summed E-state index contributed by atoms with van der Waals surface area (Å²) >= 11 is 0. The van der Waals surface area contributed by atoms with E-state index in [9.17, 15) is 4.79 Å². The van der Waals surface area contributed by atoms with Crippen LogP contribution in [0.5, 0.6) is 0 Å². The first kappa shape index (κ1) is 18.3. The normalized spacial score (nSPS) is 16.1. The minimum Gasteiger partial charge on any atom is -0.357 e. The van der Waals surface area contributed by atoms with E-state index in [0.717, 1.165) is 50.2 Å². The molecule has 2 N–H and O–H groups in total. The van der Waals surface area contributed by atoms with E-state index >= 15 is 0 Å². The van der Waals surface area contributed by atoms with Gasteiger partial charge >= 0.3 is 0 Å². The molecule has 0 radical (unpaired) electrons. The molecule has 2 rings (SSSR count). The molecule has 1 heterocycles. The molecule has 1 aliphatic heterocycles. The molecule has 0 aliphatic carbocycles. The number of amides is 1. The monoisotopic (exact) mass is 330 g/mol. The van der Waals surface area contributed by atoms with Crippen molar-refractivity contribution in [1.29, 1.82) is 0 Å². The number of anilines is 1. The predicted molar refractivity (Wildman–Crippen MR) is 100 cm³/mol. The van der Waals surface area contributed by atoms with E-state index in [1.54, 1.807) is 0 Å². The minimum absolute atomic E-state index is 0.0431. The van der Waals surface area contributed by atoms with E-state index < -0.39 is 0 Å². The van der Waals surface area contributed by atoms with Gasteiger partial charge in [-0.15, -0.1) is 0 Å². The van der Waals surface area contributed by atoms with Crippen molar-refractivity contribution in [2.75, 3.05) is 31.5 Å². The Bertz CT molecular complexity index is 545. The van der Waals surface area contributed by atoms with Crippen molar-refractivity contribution in [2.45, 2.75) is 40.0 Å². The topological polar surface area (TPSA) is 56.7 Å². The van der Waals surface area contributed by atoms with Gasteiger partial charge in [0, 0.05) is 38.8 Å². The van der Waals surface area contributed by atoms with Crippen molar-refractivity contribution in [3.63, 3.8) is 0 Å². The second kappa shape index (κ2) is 9.30. The van der Waals surface area contributed by atoms with Crippen LogP contribution < -0.4 is 10.6 Å². The Morgan fingerprint density at radius 2 is 1.92 bits per heavy atom. The predicted octanol–water partition coefficient (Wildman–Crippen LogP) is 2.88. The van der Waals surface area contributed by atoms with Crippen LogP contribution in [0.4, 0.5) is 5.69 Å². The van der Waals surface area contributed by atoms with Gasteiger partial charge in [0.15, 0.2) is 5.96 Å². The molecule has 5 nitrogen and oxygen atoms in total. The molecule has 1 aliphatic rings. The Morgan fingerprint density at radius 1 is 1.25 bits per heavy atom. The molecular formula is C19H30N4O. The van der Waals surface area contributed by atoms with Crippen LogP contribution in [0.25, 0.3) is 0 Å². The zero-order valence-corrected chi connectivity index (χ0v) is 15.1. The maximum atomic E-state index is 11.0. The smallest absolute Gasteiger partial charge is 0.221 e. The van der Waals surface area contributed by atoms with E-state index in [4.69, 9.17) is 4.99 Å². The molecule has 0 saturated carbocycles. The molecule has 1 saturated heterocycles. The summed E-state index contributed by atoms with van der Waals surface area (Å²) in [5.41, 5.74) is 2.07. The van der Waals surface area contributed by atoms with E-state index in [1.165, 1.54) is 25.3 Å². The summed E-state index contributed by atoms with van der Waals surface area (Å²) in [4.78, 5) is 18.2. The van der Waals surface area contributed by atoms with E-state index in [1.807, 2.05) is 12.1 Å². The fourth-order valence-electron chi connectivity index (χ4n) is 2.90. The molecular weight excluding hydrogens is 300 g/mol. The zero-order chi connectivity index (χ0) is 17.4. The molecule has 1 fully saturated rings. The average Bonchev–Trinajstić information content (AvgIpc) is 2.56. The summed E-state index contributed by atoms with van der Waals surface area (Å²) in [7, 11) is 0. The molecule has 0 unspecified atom stereocenters. The summed E-state index contributed by atoms with van der Waals surface area (Å²) in [5, 5.41) is 6.20. The van der Waals surface area contributed by atoms with Crippen molar-refractivity contribution < 1.29 is 4.79 Å². The highest BCUT2D eigenvalue weighted by Gasteiger charge is 2.18. The third-order valence-electron chi connectivity index (χ3n) is 4.35. The highest BCUT2D eigenvalue weighted by atomic mass is 16.1. The highest BCUT2D eigenvalue weighted by molar-refractivity contribution is 5.88. The largest absolute Gasteiger partial charge is 0.357 e. The van der Waals surface area contributed by atoms with Crippen LogP contribution in [0, 0.1) is 5.92 Å².